The average Bonchev–Trinajstić information content (AvgIpc) is 2.92. The van der Waals surface area contributed by atoms with Crippen LogP contribution >= 0.6 is 22.9 Å². The number of nitrogens with zero attached hydrogens (tertiary/aromatic N) is 1. The number of hydrogen-bond acceptors (Lipinski definition) is 5. The maximum absolute atomic E-state index is 11.8. The summed E-state index contributed by atoms with van der Waals surface area (Å²) >= 11 is 7.53. The molecule has 24 heavy (non-hydrogen) atoms. The molecule has 124 valence electrons. The summed E-state index contributed by atoms with van der Waals surface area (Å²) in [6, 6.07) is 10.2. The van der Waals surface area contributed by atoms with E-state index < -0.39 is 5.63 Å². The quantitative estimate of drug-likeness (QED) is 0.522. The Morgan fingerprint density at radius 1 is 1.25 bits per heavy atom. The van der Waals surface area contributed by atoms with Crippen molar-refractivity contribution < 1.29 is 9.52 Å². The molecule has 0 atom stereocenters. The molecule has 0 saturated carbocycles. The molecule has 0 aliphatic carbocycles. The highest BCUT2D eigenvalue weighted by Crippen LogP contribution is 2.25. The third-order valence-electron chi connectivity index (χ3n) is 3.60. The Morgan fingerprint density at radius 3 is 2.79 bits per heavy atom. The third-order valence-corrected chi connectivity index (χ3v) is 4.82. The molecule has 0 saturated heterocycles. The Bertz CT molecular complexity index is 931. The summed E-state index contributed by atoms with van der Waals surface area (Å²) in [5, 5.41) is 10.4. The molecule has 0 fully saturated rings. The molecule has 0 aliphatic heterocycles. The van der Waals surface area contributed by atoms with Crippen molar-refractivity contribution in [3.05, 3.63) is 74.3 Å². The van der Waals surface area contributed by atoms with Gasteiger partial charge >= 0.3 is 5.63 Å². The van der Waals surface area contributed by atoms with Crippen molar-refractivity contribution in [2.45, 2.75) is 13.1 Å². The summed E-state index contributed by atoms with van der Waals surface area (Å²) in [5.74, 6) is 0.0685. The summed E-state index contributed by atoms with van der Waals surface area (Å²) < 4.78 is 5.93. The van der Waals surface area contributed by atoms with E-state index in [1.165, 1.54) is 23.5 Å². The van der Waals surface area contributed by atoms with Gasteiger partial charge in [-0.3, -0.25) is 4.90 Å². The number of halogens is 1. The highest BCUT2D eigenvalue weighted by molar-refractivity contribution is 7.16. The van der Waals surface area contributed by atoms with Gasteiger partial charge in [0.2, 0.25) is 0 Å². The van der Waals surface area contributed by atoms with E-state index in [2.05, 4.69) is 11.5 Å². The summed E-state index contributed by atoms with van der Waals surface area (Å²) in [6.07, 6.45) is 1.83. The molecule has 1 aromatic carbocycles. The van der Waals surface area contributed by atoms with Crippen LogP contribution in [0.15, 0.2) is 58.3 Å². The summed E-state index contributed by atoms with van der Waals surface area (Å²) in [7, 11) is 0. The lowest BCUT2D eigenvalue weighted by Gasteiger charge is -2.20. The molecule has 0 spiro atoms. The van der Waals surface area contributed by atoms with Gasteiger partial charge in [-0.2, -0.15) is 0 Å². The number of hydrogen-bond donors (Lipinski definition) is 1. The van der Waals surface area contributed by atoms with Gasteiger partial charge in [-0.1, -0.05) is 17.7 Å². The molecule has 0 aliphatic rings. The van der Waals surface area contributed by atoms with Gasteiger partial charge in [-0.05, 0) is 29.8 Å². The first kappa shape index (κ1) is 16.8. The topological polar surface area (TPSA) is 53.7 Å². The molecule has 6 heteroatoms. The van der Waals surface area contributed by atoms with Gasteiger partial charge in [0, 0.05) is 42.0 Å². The molecule has 3 rings (SSSR count). The number of phenolic OH excluding ortho intramolecular Hbond substituents is 1. The Labute approximate surface area is 148 Å². The van der Waals surface area contributed by atoms with Crippen molar-refractivity contribution in [1.82, 2.24) is 4.90 Å². The zero-order chi connectivity index (χ0) is 17.1. The standard InChI is InChI=1S/C18H16ClNO3S/c1-2-7-20(11-14-4-6-17(19)24-14)10-12-8-18(22)23-16-9-13(21)3-5-15(12)16/h2-6,8-9,21H,1,7,10-11H2. The third kappa shape index (κ3) is 3.87. The minimum Gasteiger partial charge on any atom is -0.508 e. The van der Waals surface area contributed by atoms with E-state index in [1.807, 2.05) is 18.2 Å². The largest absolute Gasteiger partial charge is 0.508 e. The molecule has 2 aromatic heterocycles. The van der Waals surface area contributed by atoms with Crippen LogP contribution in [0.5, 0.6) is 5.75 Å². The molecule has 0 amide bonds. The zero-order valence-electron chi connectivity index (χ0n) is 12.9. The van der Waals surface area contributed by atoms with E-state index in [0.29, 0.717) is 25.2 Å². The van der Waals surface area contributed by atoms with Crippen LogP contribution in [0.3, 0.4) is 0 Å². The van der Waals surface area contributed by atoms with E-state index in [0.717, 1.165) is 20.2 Å². The van der Waals surface area contributed by atoms with Gasteiger partial charge in [0.25, 0.3) is 0 Å². The monoisotopic (exact) mass is 361 g/mol. The summed E-state index contributed by atoms with van der Waals surface area (Å²) in [4.78, 5) is 15.1. The summed E-state index contributed by atoms with van der Waals surface area (Å²) in [5.41, 5.74) is 0.807. The number of benzene rings is 1. The minimum absolute atomic E-state index is 0.0685. The molecule has 1 N–H and O–H groups in total. The fraction of sp³-hybridized carbons (Fsp3) is 0.167. The van der Waals surface area contributed by atoms with Crippen LogP contribution in [0.1, 0.15) is 10.4 Å². The van der Waals surface area contributed by atoms with Crippen molar-refractivity contribution in [3.8, 4) is 5.75 Å². The molecular formula is C18H16ClNO3S. The van der Waals surface area contributed by atoms with Crippen molar-refractivity contribution in [2.75, 3.05) is 6.54 Å². The zero-order valence-corrected chi connectivity index (χ0v) is 14.4. The predicted molar refractivity (Wildman–Crippen MR) is 97.8 cm³/mol. The van der Waals surface area contributed by atoms with E-state index in [4.69, 9.17) is 16.0 Å². The number of phenols is 1. The first-order valence-electron chi connectivity index (χ1n) is 7.38. The van der Waals surface area contributed by atoms with E-state index >= 15 is 0 Å². The number of thiophene rings is 1. The van der Waals surface area contributed by atoms with Crippen molar-refractivity contribution in [1.29, 1.82) is 0 Å². The van der Waals surface area contributed by atoms with E-state index in [9.17, 15) is 9.90 Å². The number of rotatable bonds is 6. The molecule has 0 bridgehead atoms. The molecule has 0 radical (unpaired) electrons. The van der Waals surface area contributed by atoms with Crippen LogP contribution in [-0.4, -0.2) is 16.6 Å². The summed E-state index contributed by atoms with van der Waals surface area (Å²) in [6.45, 7) is 5.75. The van der Waals surface area contributed by atoms with Gasteiger partial charge in [0.05, 0.1) is 4.34 Å². The highest BCUT2D eigenvalue weighted by atomic mass is 35.5. The molecule has 2 heterocycles. The van der Waals surface area contributed by atoms with E-state index in [-0.39, 0.29) is 5.75 Å². The van der Waals surface area contributed by atoms with Gasteiger partial charge < -0.3 is 9.52 Å². The van der Waals surface area contributed by atoms with Crippen LogP contribution in [0, 0.1) is 0 Å². The smallest absolute Gasteiger partial charge is 0.336 e. The van der Waals surface area contributed by atoms with Crippen LogP contribution in [0.2, 0.25) is 4.34 Å². The fourth-order valence-corrected chi connectivity index (χ4v) is 3.75. The Kier molecular flexibility index (Phi) is 5.04. The second kappa shape index (κ2) is 7.21. The second-order valence-electron chi connectivity index (χ2n) is 5.44. The first-order valence-corrected chi connectivity index (χ1v) is 8.58. The maximum atomic E-state index is 11.8. The Balaban J connectivity index is 1.93. The lowest BCUT2D eigenvalue weighted by molar-refractivity contribution is 0.289. The fourth-order valence-electron chi connectivity index (χ4n) is 2.61. The van der Waals surface area contributed by atoms with Crippen molar-refractivity contribution in [3.63, 3.8) is 0 Å². The number of aromatic hydroxyl groups is 1. The first-order chi connectivity index (χ1) is 11.5. The highest BCUT2D eigenvalue weighted by Gasteiger charge is 2.12. The molecule has 3 aromatic rings. The van der Waals surface area contributed by atoms with Crippen LogP contribution in [0.25, 0.3) is 11.0 Å². The average molecular weight is 362 g/mol. The molecule has 0 unspecified atom stereocenters. The number of fused-ring (bicyclic) bond motifs is 1. The van der Waals surface area contributed by atoms with Gasteiger partial charge in [-0.15, -0.1) is 17.9 Å². The SMILES string of the molecule is C=CCN(Cc1ccc(Cl)s1)Cc1cc(=O)oc2cc(O)ccc12. The second-order valence-corrected chi connectivity index (χ2v) is 7.23. The van der Waals surface area contributed by atoms with Gasteiger partial charge in [-0.25, -0.2) is 4.79 Å². The van der Waals surface area contributed by atoms with Gasteiger partial charge in [0.1, 0.15) is 11.3 Å². The molecule has 4 nitrogen and oxygen atoms in total. The maximum Gasteiger partial charge on any atom is 0.336 e. The lowest BCUT2D eigenvalue weighted by Crippen LogP contribution is -2.23. The van der Waals surface area contributed by atoms with Crippen LogP contribution in [-0.2, 0) is 13.1 Å². The normalized spacial score (nSPS) is 11.2. The Morgan fingerprint density at radius 2 is 2.08 bits per heavy atom. The van der Waals surface area contributed by atoms with Crippen molar-refractivity contribution >= 4 is 33.9 Å². The van der Waals surface area contributed by atoms with Crippen LogP contribution in [0.4, 0.5) is 0 Å². The van der Waals surface area contributed by atoms with Gasteiger partial charge in [0.15, 0.2) is 0 Å². The van der Waals surface area contributed by atoms with E-state index in [1.54, 1.807) is 12.1 Å². The van der Waals surface area contributed by atoms with Crippen molar-refractivity contribution in [2.24, 2.45) is 0 Å². The minimum atomic E-state index is -0.430. The Hall–Kier alpha value is -2.08. The lowest BCUT2D eigenvalue weighted by atomic mass is 10.1. The molecular weight excluding hydrogens is 346 g/mol. The predicted octanol–water partition coefficient (Wildman–Crippen LogP) is 4.40. The van der Waals surface area contributed by atoms with Crippen LogP contribution < -0.4 is 5.63 Å².